The van der Waals surface area contributed by atoms with Crippen molar-refractivity contribution in [3.8, 4) is 0 Å². The van der Waals surface area contributed by atoms with E-state index in [4.69, 9.17) is 11.6 Å². The molecule has 1 aliphatic heterocycles. The largest absolute Gasteiger partial charge is 0.324 e. The molecule has 0 fully saturated rings. The maximum absolute atomic E-state index is 13.1. The average molecular weight is 397 g/mol. The van der Waals surface area contributed by atoms with Crippen LogP contribution < -0.4 is 15.8 Å². The van der Waals surface area contributed by atoms with Gasteiger partial charge < -0.3 is 10.2 Å². The number of nitrogens with one attached hydrogen (secondary N) is 1. The van der Waals surface area contributed by atoms with Crippen LogP contribution in [0, 0.1) is 0 Å². The molecule has 7 nitrogen and oxygen atoms in total. The summed E-state index contributed by atoms with van der Waals surface area (Å²) in [5.74, 6) is -0.462. The number of hydrogen-bond donors (Lipinski definition) is 1. The Labute approximate surface area is 165 Å². The second-order valence-electron chi connectivity index (χ2n) is 6.72. The molecule has 1 aliphatic rings. The number of para-hydroxylation sites is 2. The van der Waals surface area contributed by atoms with Crippen molar-refractivity contribution in [2.24, 2.45) is 0 Å². The molecule has 4 rings (SSSR count). The smallest absolute Gasteiger partial charge is 0.261 e. The molecular formula is C20H17ClN4O3. The van der Waals surface area contributed by atoms with Crippen LogP contribution in [0.25, 0.3) is 10.9 Å². The third kappa shape index (κ3) is 3.25. The number of carbonyl (C=O) groups excluding carboxylic acids is 2. The van der Waals surface area contributed by atoms with Gasteiger partial charge in [-0.1, -0.05) is 23.7 Å². The molecule has 0 saturated heterocycles. The highest BCUT2D eigenvalue weighted by atomic mass is 35.5. The minimum atomic E-state index is -0.352. The Balaban J connectivity index is 1.72. The minimum Gasteiger partial charge on any atom is -0.324 e. The van der Waals surface area contributed by atoms with E-state index < -0.39 is 0 Å². The lowest BCUT2D eigenvalue weighted by Crippen LogP contribution is -2.42. The fourth-order valence-corrected chi connectivity index (χ4v) is 3.61. The molecule has 2 aromatic carbocycles. The van der Waals surface area contributed by atoms with Crippen LogP contribution in [-0.4, -0.2) is 27.4 Å². The first-order valence-electron chi connectivity index (χ1n) is 8.79. The van der Waals surface area contributed by atoms with Gasteiger partial charge in [0, 0.05) is 17.5 Å². The molecule has 0 radical (unpaired) electrons. The molecule has 1 aromatic heterocycles. The summed E-state index contributed by atoms with van der Waals surface area (Å²) in [6.07, 6.45) is 1.52. The Bertz CT molecular complexity index is 1160. The fourth-order valence-electron chi connectivity index (χ4n) is 3.43. The molecule has 0 bridgehead atoms. The van der Waals surface area contributed by atoms with Gasteiger partial charge in [-0.15, -0.1) is 0 Å². The van der Waals surface area contributed by atoms with E-state index in [2.05, 4.69) is 10.3 Å². The van der Waals surface area contributed by atoms with Gasteiger partial charge >= 0.3 is 0 Å². The first-order valence-corrected chi connectivity index (χ1v) is 9.17. The highest BCUT2D eigenvalue weighted by Gasteiger charge is 2.29. The van der Waals surface area contributed by atoms with E-state index in [1.165, 1.54) is 10.9 Å². The topological polar surface area (TPSA) is 84.3 Å². The van der Waals surface area contributed by atoms with Crippen molar-refractivity contribution in [1.82, 2.24) is 9.55 Å². The molecule has 0 spiro atoms. The van der Waals surface area contributed by atoms with E-state index in [-0.39, 0.29) is 36.4 Å². The predicted molar refractivity (Wildman–Crippen MR) is 108 cm³/mol. The number of amides is 2. The van der Waals surface area contributed by atoms with E-state index >= 15 is 0 Å². The van der Waals surface area contributed by atoms with Crippen LogP contribution in [0.3, 0.4) is 0 Å². The zero-order valence-corrected chi connectivity index (χ0v) is 15.8. The maximum Gasteiger partial charge on any atom is 0.261 e. The van der Waals surface area contributed by atoms with Gasteiger partial charge in [0.15, 0.2) is 0 Å². The number of fused-ring (bicyclic) bond motifs is 2. The Hall–Kier alpha value is -3.19. The van der Waals surface area contributed by atoms with Crippen LogP contribution in [0.1, 0.15) is 13.3 Å². The van der Waals surface area contributed by atoms with Crippen molar-refractivity contribution >= 4 is 45.7 Å². The number of halogens is 1. The normalized spacial score (nSPS) is 16.4. The molecule has 1 atom stereocenters. The highest BCUT2D eigenvalue weighted by Crippen LogP contribution is 2.31. The number of benzene rings is 2. The Morgan fingerprint density at radius 1 is 1.25 bits per heavy atom. The summed E-state index contributed by atoms with van der Waals surface area (Å²) in [5, 5.41) is 3.59. The first-order chi connectivity index (χ1) is 13.4. The monoisotopic (exact) mass is 396 g/mol. The van der Waals surface area contributed by atoms with Crippen molar-refractivity contribution < 1.29 is 9.59 Å². The summed E-state index contributed by atoms with van der Waals surface area (Å²) in [6, 6.07) is 11.6. The lowest BCUT2D eigenvalue weighted by molar-refractivity contribution is -0.120. The molecule has 8 heteroatoms. The van der Waals surface area contributed by atoms with Crippen molar-refractivity contribution in [3.63, 3.8) is 0 Å². The molecule has 0 unspecified atom stereocenters. The van der Waals surface area contributed by atoms with Gasteiger partial charge in [-0.2, -0.15) is 0 Å². The number of hydrogen-bond acceptors (Lipinski definition) is 4. The van der Waals surface area contributed by atoms with E-state index in [0.29, 0.717) is 27.3 Å². The summed E-state index contributed by atoms with van der Waals surface area (Å²) in [4.78, 5) is 43.8. The Kier molecular flexibility index (Phi) is 4.60. The third-order valence-electron chi connectivity index (χ3n) is 4.72. The molecular weight excluding hydrogens is 380 g/mol. The van der Waals surface area contributed by atoms with Crippen molar-refractivity contribution in [1.29, 1.82) is 0 Å². The Morgan fingerprint density at radius 2 is 2.04 bits per heavy atom. The zero-order valence-electron chi connectivity index (χ0n) is 15.1. The average Bonchev–Trinajstić information content (AvgIpc) is 2.78. The molecule has 2 amide bonds. The van der Waals surface area contributed by atoms with Gasteiger partial charge in [-0.25, -0.2) is 4.98 Å². The van der Waals surface area contributed by atoms with Gasteiger partial charge in [-0.05, 0) is 37.3 Å². The van der Waals surface area contributed by atoms with Crippen LogP contribution in [-0.2, 0) is 16.1 Å². The number of rotatable bonds is 2. The van der Waals surface area contributed by atoms with Gasteiger partial charge in [0.2, 0.25) is 11.8 Å². The van der Waals surface area contributed by atoms with Crippen molar-refractivity contribution in [3.05, 3.63) is 64.2 Å². The fraction of sp³-hybridized carbons (Fsp3) is 0.200. The second kappa shape index (κ2) is 7.09. The van der Waals surface area contributed by atoms with Gasteiger partial charge in [-0.3, -0.25) is 19.0 Å². The van der Waals surface area contributed by atoms with E-state index in [1.54, 1.807) is 54.3 Å². The number of nitrogens with zero attached hydrogens (tertiary/aromatic N) is 3. The van der Waals surface area contributed by atoms with E-state index in [1.807, 2.05) is 0 Å². The van der Waals surface area contributed by atoms with Crippen molar-refractivity contribution in [2.45, 2.75) is 25.9 Å². The van der Waals surface area contributed by atoms with Gasteiger partial charge in [0.25, 0.3) is 5.56 Å². The van der Waals surface area contributed by atoms with E-state index in [9.17, 15) is 14.4 Å². The lowest BCUT2D eigenvalue weighted by Gasteiger charge is -2.28. The molecule has 28 heavy (non-hydrogen) atoms. The second-order valence-corrected chi connectivity index (χ2v) is 7.16. The van der Waals surface area contributed by atoms with Gasteiger partial charge in [0.1, 0.15) is 6.54 Å². The highest BCUT2D eigenvalue weighted by molar-refractivity contribution is 6.31. The van der Waals surface area contributed by atoms with Crippen LogP contribution in [0.5, 0.6) is 0 Å². The van der Waals surface area contributed by atoms with Crippen LogP contribution >= 0.6 is 11.6 Å². The maximum atomic E-state index is 13.1. The summed E-state index contributed by atoms with van der Waals surface area (Å²) in [6.45, 7) is 1.61. The summed E-state index contributed by atoms with van der Waals surface area (Å²) in [7, 11) is 0. The molecule has 3 aromatic rings. The standard InChI is InChI=1S/C20H17ClN4O3/c1-12-8-18(26)23-16-4-2-3-5-17(16)25(12)19(27)10-24-11-22-15-7-6-13(21)9-14(15)20(24)28/h2-7,9,11-12H,8,10H2,1H3,(H,23,26)/t12-/m1/s1. The summed E-state index contributed by atoms with van der Waals surface area (Å²) < 4.78 is 1.26. The molecule has 2 heterocycles. The predicted octanol–water partition coefficient (Wildman–Crippen LogP) is 2.81. The number of anilines is 2. The van der Waals surface area contributed by atoms with E-state index in [0.717, 1.165) is 0 Å². The Morgan fingerprint density at radius 3 is 2.86 bits per heavy atom. The van der Waals surface area contributed by atoms with Crippen molar-refractivity contribution in [2.75, 3.05) is 10.2 Å². The van der Waals surface area contributed by atoms with Crippen LogP contribution in [0.15, 0.2) is 53.6 Å². The summed E-state index contributed by atoms with van der Waals surface area (Å²) >= 11 is 5.99. The minimum absolute atomic E-state index is 0.158. The molecule has 0 saturated carbocycles. The quantitative estimate of drug-likeness (QED) is 0.721. The zero-order chi connectivity index (χ0) is 19.8. The SMILES string of the molecule is C[C@@H]1CC(=O)Nc2ccccc2N1C(=O)Cn1cnc2ccc(Cl)cc2c1=O. The lowest BCUT2D eigenvalue weighted by atomic mass is 10.1. The number of aromatic nitrogens is 2. The van der Waals surface area contributed by atoms with Crippen LogP contribution in [0.4, 0.5) is 11.4 Å². The third-order valence-corrected chi connectivity index (χ3v) is 4.95. The summed E-state index contributed by atoms with van der Waals surface area (Å²) in [5.41, 5.74) is 1.35. The van der Waals surface area contributed by atoms with Gasteiger partial charge in [0.05, 0.1) is 28.6 Å². The number of carbonyl (C=O) groups is 2. The van der Waals surface area contributed by atoms with Crippen LogP contribution in [0.2, 0.25) is 5.02 Å². The molecule has 142 valence electrons. The molecule has 0 aliphatic carbocycles. The first kappa shape index (κ1) is 18.2. The molecule has 1 N–H and O–H groups in total.